The molecule has 1 N–H and O–H groups in total. The summed E-state index contributed by atoms with van der Waals surface area (Å²) in [4.78, 5) is 2.22. The number of para-hydroxylation sites is 1. The molecule has 0 unspecified atom stereocenters. The Morgan fingerprint density at radius 2 is 1.89 bits per heavy atom. The largest absolute Gasteiger partial charge is 0.508 e. The van der Waals surface area contributed by atoms with Crippen LogP contribution in [0.1, 0.15) is 18.1 Å². The van der Waals surface area contributed by atoms with Gasteiger partial charge < -0.3 is 10.0 Å². The highest BCUT2D eigenvalue weighted by atomic mass is 35.5. The minimum atomic E-state index is 0.288. The zero-order valence-electron chi connectivity index (χ0n) is 11.2. The van der Waals surface area contributed by atoms with Gasteiger partial charge in [-0.1, -0.05) is 29.8 Å². The first-order chi connectivity index (χ1) is 9.11. The summed E-state index contributed by atoms with van der Waals surface area (Å²) in [5, 5.41) is 10.6. The Kier molecular flexibility index (Phi) is 4.33. The van der Waals surface area contributed by atoms with Crippen LogP contribution in [0, 0.1) is 6.92 Å². The van der Waals surface area contributed by atoms with Crippen LogP contribution in [0.5, 0.6) is 5.75 Å². The van der Waals surface area contributed by atoms with Crippen molar-refractivity contribution >= 4 is 17.3 Å². The van der Waals surface area contributed by atoms with E-state index in [0.717, 1.165) is 12.1 Å². The molecule has 0 atom stereocenters. The fraction of sp³-hybridized carbons (Fsp3) is 0.250. The number of aromatic hydroxyl groups is 1. The maximum absolute atomic E-state index is 9.91. The van der Waals surface area contributed by atoms with Crippen LogP contribution < -0.4 is 4.90 Å². The number of phenols is 1. The SMILES string of the molecule is CCN(Cc1cc(Cl)ccc1O)c1ccccc1C. The van der Waals surface area contributed by atoms with E-state index in [2.05, 4.69) is 30.9 Å². The van der Waals surface area contributed by atoms with Gasteiger partial charge in [0.1, 0.15) is 5.75 Å². The van der Waals surface area contributed by atoms with Crippen molar-refractivity contribution in [2.75, 3.05) is 11.4 Å². The lowest BCUT2D eigenvalue weighted by Crippen LogP contribution is -2.22. The lowest BCUT2D eigenvalue weighted by atomic mass is 10.1. The Morgan fingerprint density at radius 3 is 2.58 bits per heavy atom. The van der Waals surface area contributed by atoms with E-state index in [1.807, 2.05) is 18.2 Å². The van der Waals surface area contributed by atoms with Crippen LogP contribution >= 0.6 is 11.6 Å². The molecule has 2 nitrogen and oxygen atoms in total. The molecular weight excluding hydrogens is 258 g/mol. The summed E-state index contributed by atoms with van der Waals surface area (Å²) in [6, 6.07) is 13.4. The van der Waals surface area contributed by atoms with Gasteiger partial charge in [0.25, 0.3) is 0 Å². The van der Waals surface area contributed by atoms with Crippen LogP contribution in [0.25, 0.3) is 0 Å². The molecule has 0 aliphatic heterocycles. The maximum atomic E-state index is 9.91. The molecule has 0 aliphatic rings. The molecular formula is C16H18ClNO. The van der Waals surface area contributed by atoms with Crippen LogP contribution in [0.4, 0.5) is 5.69 Å². The number of hydrogen-bond donors (Lipinski definition) is 1. The standard InChI is InChI=1S/C16H18ClNO/c1-3-18(15-7-5-4-6-12(15)2)11-13-10-14(17)8-9-16(13)19/h4-10,19H,3,11H2,1-2H3. The lowest BCUT2D eigenvalue weighted by Gasteiger charge is -2.25. The third-order valence-electron chi connectivity index (χ3n) is 3.24. The number of nitrogens with zero attached hydrogens (tertiary/aromatic N) is 1. The average molecular weight is 276 g/mol. The molecule has 0 bridgehead atoms. The number of hydrogen-bond acceptors (Lipinski definition) is 2. The summed E-state index contributed by atoms with van der Waals surface area (Å²) in [5.74, 6) is 0.288. The smallest absolute Gasteiger partial charge is 0.120 e. The highest BCUT2D eigenvalue weighted by molar-refractivity contribution is 6.30. The molecule has 2 aromatic rings. The van der Waals surface area contributed by atoms with Gasteiger partial charge in [0.2, 0.25) is 0 Å². The normalized spacial score (nSPS) is 10.5. The molecule has 0 amide bonds. The van der Waals surface area contributed by atoms with E-state index in [4.69, 9.17) is 11.6 Å². The van der Waals surface area contributed by atoms with Crippen LogP contribution in [0.15, 0.2) is 42.5 Å². The van der Waals surface area contributed by atoms with Crippen molar-refractivity contribution in [3.63, 3.8) is 0 Å². The zero-order valence-corrected chi connectivity index (χ0v) is 12.0. The number of halogens is 1. The predicted molar refractivity (Wildman–Crippen MR) is 81.0 cm³/mol. The Labute approximate surface area is 119 Å². The van der Waals surface area contributed by atoms with Crippen LogP contribution in [-0.2, 0) is 6.54 Å². The van der Waals surface area contributed by atoms with Gasteiger partial charge in [0, 0.05) is 29.4 Å². The van der Waals surface area contributed by atoms with E-state index in [1.54, 1.807) is 12.1 Å². The van der Waals surface area contributed by atoms with Crippen LogP contribution in [0.3, 0.4) is 0 Å². The Hall–Kier alpha value is -1.67. The van der Waals surface area contributed by atoms with Crippen molar-refractivity contribution in [1.82, 2.24) is 0 Å². The average Bonchev–Trinajstić information content (AvgIpc) is 2.41. The third kappa shape index (κ3) is 3.21. The van der Waals surface area contributed by atoms with E-state index in [9.17, 15) is 5.11 Å². The second kappa shape index (κ2) is 5.98. The fourth-order valence-electron chi connectivity index (χ4n) is 2.17. The molecule has 0 radical (unpaired) electrons. The zero-order chi connectivity index (χ0) is 13.8. The van der Waals surface area contributed by atoms with Crippen LogP contribution in [0.2, 0.25) is 5.02 Å². The van der Waals surface area contributed by atoms with Crippen molar-refractivity contribution in [2.24, 2.45) is 0 Å². The summed E-state index contributed by atoms with van der Waals surface area (Å²) in [6.45, 7) is 5.72. The Bertz CT molecular complexity index is 568. The van der Waals surface area contributed by atoms with Gasteiger partial charge in [-0.05, 0) is 43.7 Å². The monoisotopic (exact) mass is 275 g/mol. The van der Waals surface area contributed by atoms with Crippen molar-refractivity contribution in [3.8, 4) is 5.75 Å². The molecule has 0 heterocycles. The molecule has 100 valence electrons. The topological polar surface area (TPSA) is 23.5 Å². The number of phenolic OH excluding ortho intramolecular Hbond substituents is 1. The summed E-state index contributed by atoms with van der Waals surface area (Å²) in [7, 11) is 0. The van der Waals surface area contributed by atoms with Gasteiger partial charge in [0.15, 0.2) is 0 Å². The first-order valence-corrected chi connectivity index (χ1v) is 6.77. The quantitative estimate of drug-likeness (QED) is 0.895. The molecule has 0 saturated heterocycles. The Morgan fingerprint density at radius 1 is 1.16 bits per heavy atom. The minimum absolute atomic E-state index is 0.288. The van der Waals surface area contributed by atoms with E-state index in [1.165, 1.54) is 11.3 Å². The second-order valence-electron chi connectivity index (χ2n) is 4.57. The van der Waals surface area contributed by atoms with Gasteiger partial charge in [-0.3, -0.25) is 0 Å². The summed E-state index contributed by atoms with van der Waals surface area (Å²) < 4.78 is 0. The molecule has 0 fully saturated rings. The first-order valence-electron chi connectivity index (χ1n) is 6.39. The highest BCUT2D eigenvalue weighted by Crippen LogP contribution is 2.26. The van der Waals surface area contributed by atoms with E-state index >= 15 is 0 Å². The lowest BCUT2D eigenvalue weighted by molar-refractivity contribution is 0.467. The molecule has 0 aromatic heterocycles. The fourth-order valence-corrected chi connectivity index (χ4v) is 2.37. The van der Waals surface area contributed by atoms with Crippen molar-refractivity contribution in [1.29, 1.82) is 0 Å². The van der Waals surface area contributed by atoms with E-state index in [-0.39, 0.29) is 5.75 Å². The first kappa shape index (κ1) is 13.8. The van der Waals surface area contributed by atoms with Crippen molar-refractivity contribution in [3.05, 3.63) is 58.6 Å². The minimum Gasteiger partial charge on any atom is -0.508 e. The predicted octanol–water partition coefficient (Wildman–Crippen LogP) is 4.38. The summed E-state index contributed by atoms with van der Waals surface area (Å²) >= 11 is 5.99. The van der Waals surface area contributed by atoms with E-state index < -0.39 is 0 Å². The molecule has 19 heavy (non-hydrogen) atoms. The summed E-state index contributed by atoms with van der Waals surface area (Å²) in [6.07, 6.45) is 0. The molecule has 0 aliphatic carbocycles. The molecule has 3 heteroatoms. The highest BCUT2D eigenvalue weighted by Gasteiger charge is 2.10. The third-order valence-corrected chi connectivity index (χ3v) is 3.48. The van der Waals surface area contributed by atoms with Gasteiger partial charge in [-0.25, -0.2) is 0 Å². The maximum Gasteiger partial charge on any atom is 0.120 e. The van der Waals surface area contributed by atoms with Gasteiger partial charge in [-0.15, -0.1) is 0 Å². The van der Waals surface area contributed by atoms with E-state index in [0.29, 0.717) is 11.6 Å². The van der Waals surface area contributed by atoms with Gasteiger partial charge in [0.05, 0.1) is 0 Å². The number of rotatable bonds is 4. The molecule has 2 aromatic carbocycles. The number of anilines is 1. The second-order valence-corrected chi connectivity index (χ2v) is 5.01. The molecule has 0 spiro atoms. The number of aryl methyl sites for hydroxylation is 1. The molecule has 2 rings (SSSR count). The summed E-state index contributed by atoms with van der Waals surface area (Å²) in [5.41, 5.74) is 3.26. The van der Waals surface area contributed by atoms with Crippen LogP contribution in [-0.4, -0.2) is 11.7 Å². The Balaban J connectivity index is 2.29. The van der Waals surface area contributed by atoms with Crippen molar-refractivity contribution in [2.45, 2.75) is 20.4 Å². The van der Waals surface area contributed by atoms with Gasteiger partial charge in [-0.2, -0.15) is 0 Å². The van der Waals surface area contributed by atoms with Gasteiger partial charge >= 0.3 is 0 Å². The van der Waals surface area contributed by atoms with Crippen molar-refractivity contribution < 1.29 is 5.11 Å². The molecule has 0 saturated carbocycles. The number of benzene rings is 2.